The van der Waals surface area contributed by atoms with Gasteiger partial charge >= 0.3 is 0 Å². The van der Waals surface area contributed by atoms with E-state index in [2.05, 4.69) is 22.5 Å². The van der Waals surface area contributed by atoms with E-state index in [9.17, 15) is 9.59 Å². The molecule has 0 bridgehead atoms. The Labute approximate surface area is 131 Å². The Morgan fingerprint density at radius 1 is 1.05 bits per heavy atom. The predicted molar refractivity (Wildman–Crippen MR) is 84.9 cm³/mol. The molecule has 2 aromatic carbocycles. The third kappa shape index (κ3) is 2.32. The van der Waals surface area contributed by atoms with Gasteiger partial charge in [0.25, 0.3) is 11.8 Å². The number of nitrogens with zero attached hydrogens (tertiary/aromatic N) is 1. The number of imide groups is 1. The minimum Gasteiger partial charge on any atom is -0.270 e. The summed E-state index contributed by atoms with van der Waals surface area (Å²) in [5, 5.41) is 0. The molecule has 104 valence electrons. The van der Waals surface area contributed by atoms with Crippen LogP contribution >= 0.6 is 15.9 Å². The first-order valence-corrected chi connectivity index (χ1v) is 7.27. The van der Waals surface area contributed by atoms with Crippen molar-refractivity contribution in [2.75, 3.05) is 0 Å². The quantitative estimate of drug-likeness (QED) is 0.794. The van der Waals surface area contributed by atoms with Crippen molar-refractivity contribution in [2.45, 2.75) is 6.54 Å². The van der Waals surface area contributed by atoms with Crippen molar-refractivity contribution in [3.8, 4) is 0 Å². The Morgan fingerprint density at radius 2 is 1.67 bits per heavy atom. The first kappa shape index (κ1) is 13.8. The van der Waals surface area contributed by atoms with Gasteiger partial charge in [-0.2, -0.15) is 0 Å². The second-order valence-corrected chi connectivity index (χ2v) is 5.65. The Balaban J connectivity index is 1.92. The van der Waals surface area contributed by atoms with Gasteiger partial charge in [-0.15, -0.1) is 0 Å². The summed E-state index contributed by atoms with van der Waals surface area (Å²) >= 11 is 3.47. The molecule has 1 aliphatic heterocycles. The van der Waals surface area contributed by atoms with E-state index in [1.807, 2.05) is 18.2 Å². The van der Waals surface area contributed by atoms with Gasteiger partial charge in [-0.1, -0.05) is 52.9 Å². The number of benzene rings is 2. The lowest BCUT2D eigenvalue weighted by molar-refractivity contribution is 0.0642. The van der Waals surface area contributed by atoms with Gasteiger partial charge in [0, 0.05) is 4.47 Å². The summed E-state index contributed by atoms with van der Waals surface area (Å²) in [7, 11) is 0. The summed E-state index contributed by atoms with van der Waals surface area (Å²) in [5.74, 6) is -0.481. The average molecular weight is 342 g/mol. The molecule has 0 unspecified atom stereocenters. The summed E-state index contributed by atoms with van der Waals surface area (Å²) in [6, 6.07) is 12.6. The van der Waals surface area contributed by atoms with Gasteiger partial charge in [0.1, 0.15) is 0 Å². The fourth-order valence-corrected chi connectivity index (χ4v) is 2.89. The number of halogens is 1. The van der Waals surface area contributed by atoms with E-state index in [1.54, 1.807) is 30.3 Å². The van der Waals surface area contributed by atoms with Crippen LogP contribution in [0.4, 0.5) is 0 Å². The number of carbonyl (C=O) groups excluding carboxylic acids is 2. The van der Waals surface area contributed by atoms with E-state index < -0.39 is 0 Å². The molecule has 0 atom stereocenters. The van der Waals surface area contributed by atoms with E-state index in [-0.39, 0.29) is 18.4 Å². The first-order valence-electron chi connectivity index (χ1n) is 6.48. The highest BCUT2D eigenvalue weighted by Crippen LogP contribution is 2.27. The molecule has 2 amide bonds. The van der Waals surface area contributed by atoms with Crippen LogP contribution in [-0.4, -0.2) is 16.7 Å². The zero-order valence-electron chi connectivity index (χ0n) is 11.2. The smallest absolute Gasteiger partial charge is 0.261 e. The summed E-state index contributed by atoms with van der Waals surface area (Å²) in [6.07, 6.45) is 1.75. The second kappa shape index (κ2) is 5.30. The summed E-state index contributed by atoms with van der Waals surface area (Å²) in [5.41, 5.74) is 2.81. The summed E-state index contributed by atoms with van der Waals surface area (Å²) in [6.45, 7) is 3.97. The van der Waals surface area contributed by atoms with Crippen molar-refractivity contribution in [1.82, 2.24) is 4.90 Å². The molecular formula is C17H12BrNO2. The van der Waals surface area contributed by atoms with Crippen molar-refractivity contribution in [1.29, 1.82) is 0 Å². The first-order chi connectivity index (χ1) is 10.1. The molecular weight excluding hydrogens is 330 g/mol. The molecule has 0 saturated carbocycles. The van der Waals surface area contributed by atoms with Crippen molar-refractivity contribution in [2.24, 2.45) is 0 Å². The predicted octanol–water partition coefficient (Wildman–Crippen LogP) is 3.89. The van der Waals surface area contributed by atoms with Gasteiger partial charge in [-0.05, 0) is 29.3 Å². The van der Waals surface area contributed by atoms with Gasteiger partial charge in [0.2, 0.25) is 0 Å². The van der Waals surface area contributed by atoms with Crippen molar-refractivity contribution in [3.05, 3.63) is 75.8 Å². The highest BCUT2D eigenvalue weighted by atomic mass is 79.9. The lowest BCUT2D eigenvalue weighted by atomic mass is 10.1. The normalized spacial score (nSPS) is 13.5. The molecule has 3 nitrogen and oxygen atoms in total. The third-order valence-electron chi connectivity index (χ3n) is 3.52. The molecule has 0 saturated heterocycles. The van der Waals surface area contributed by atoms with E-state index in [1.165, 1.54) is 4.90 Å². The Kier molecular flexibility index (Phi) is 3.47. The number of hydrogen-bond donors (Lipinski definition) is 0. The maximum absolute atomic E-state index is 12.3. The topological polar surface area (TPSA) is 37.4 Å². The third-order valence-corrected chi connectivity index (χ3v) is 4.26. The number of hydrogen-bond acceptors (Lipinski definition) is 2. The van der Waals surface area contributed by atoms with Crippen LogP contribution in [0.3, 0.4) is 0 Å². The number of fused-ring (bicyclic) bond motifs is 1. The van der Waals surface area contributed by atoms with Gasteiger partial charge < -0.3 is 0 Å². The molecule has 1 heterocycles. The minimum atomic E-state index is -0.240. The summed E-state index contributed by atoms with van der Waals surface area (Å²) in [4.78, 5) is 25.9. The molecule has 3 rings (SSSR count). The van der Waals surface area contributed by atoms with Crippen LogP contribution in [0.5, 0.6) is 0 Å². The highest BCUT2D eigenvalue weighted by Gasteiger charge is 2.35. The Hall–Kier alpha value is -2.20. The maximum Gasteiger partial charge on any atom is 0.261 e. The van der Waals surface area contributed by atoms with Crippen LogP contribution in [0.15, 0.2) is 53.5 Å². The van der Waals surface area contributed by atoms with Gasteiger partial charge in [0.05, 0.1) is 17.7 Å². The SMILES string of the molecule is C=Cc1ccc(CN2C(=O)c3ccccc3C2=O)c(Br)c1. The fraction of sp³-hybridized carbons (Fsp3) is 0.0588. The van der Waals surface area contributed by atoms with Crippen LogP contribution in [0, 0.1) is 0 Å². The molecule has 2 aromatic rings. The van der Waals surface area contributed by atoms with E-state index in [4.69, 9.17) is 0 Å². The van der Waals surface area contributed by atoms with Crippen LogP contribution in [-0.2, 0) is 6.54 Å². The lowest BCUT2D eigenvalue weighted by Gasteiger charge is -2.15. The van der Waals surface area contributed by atoms with E-state index >= 15 is 0 Å². The largest absolute Gasteiger partial charge is 0.270 e. The monoisotopic (exact) mass is 341 g/mol. The standard InChI is InChI=1S/C17H12BrNO2/c1-2-11-7-8-12(15(18)9-11)10-19-16(20)13-5-3-4-6-14(13)17(19)21/h2-9H,1,10H2. The molecule has 0 radical (unpaired) electrons. The van der Waals surface area contributed by atoms with E-state index in [0.717, 1.165) is 15.6 Å². The molecule has 0 fully saturated rings. The average Bonchev–Trinajstić information content (AvgIpc) is 2.74. The lowest BCUT2D eigenvalue weighted by Crippen LogP contribution is -2.29. The molecule has 0 aromatic heterocycles. The molecule has 4 heteroatoms. The summed E-state index contributed by atoms with van der Waals surface area (Å²) < 4.78 is 0.858. The van der Waals surface area contributed by atoms with Crippen molar-refractivity contribution < 1.29 is 9.59 Å². The maximum atomic E-state index is 12.3. The minimum absolute atomic E-state index is 0.240. The highest BCUT2D eigenvalue weighted by molar-refractivity contribution is 9.10. The van der Waals surface area contributed by atoms with Gasteiger partial charge in [-0.3, -0.25) is 14.5 Å². The number of amides is 2. The van der Waals surface area contributed by atoms with Crippen LogP contribution < -0.4 is 0 Å². The fourth-order valence-electron chi connectivity index (χ4n) is 2.37. The molecule has 1 aliphatic rings. The Morgan fingerprint density at radius 3 is 2.19 bits per heavy atom. The van der Waals surface area contributed by atoms with Gasteiger partial charge in [0.15, 0.2) is 0 Å². The number of carbonyl (C=O) groups is 2. The van der Waals surface area contributed by atoms with Gasteiger partial charge in [-0.25, -0.2) is 0 Å². The van der Waals surface area contributed by atoms with Crippen molar-refractivity contribution in [3.63, 3.8) is 0 Å². The van der Waals surface area contributed by atoms with E-state index in [0.29, 0.717) is 11.1 Å². The second-order valence-electron chi connectivity index (χ2n) is 4.80. The molecule has 21 heavy (non-hydrogen) atoms. The number of rotatable bonds is 3. The molecule has 0 N–H and O–H groups in total. The van der Waals surface area contributed by atoms with Crippen LogP contribution in [0.25, 0.3) is 6.08 Å². The van der Waals surface area contributed by atoms with Crippen LogP contribution in [0.1, 0.15) is 31.8 Å². The van der Waals surface area contributed by atoms with Crippen LogP contribution in [0.2, 0.25) is 0 Å². The van der Waals surface area contributed by atoms with Crippen molar-refractivity contribution >= 4 is 33.8 Å². The molecule has 0 aliphatic carbocycles. The zero-order chi connectivity index (χ0) is 15.0. The zero-order valence-corrected chi connectivity index (χ0v) is 12.8. The Bertz CT molecular complexity index is 732. The molecule has 0 spiro atoms.